The molecule has 0 aliphatic carbocycles. The van der Waals surface area contributed by atoms with Gasteiger partial charge in [0.15, 0.2) is 0 Å². The van der Waals surface area contributed by atoms with E-state index in [9.17, 15) is 0 Å². The van der Waals surface area contributed by atoms with E-state index >= 15 is 0 Å². The van der Waals surface area contributed by atoms with Crippen LogP contribution in [0.3, 0.4) is 0 Å². The standard InChI is InChI=1S/C15H24ClNS/c1-4-9-17-15(12(2)3)11-18-10-13-5-7-14(16)8-6-13/h5-8,12,15,17H,4,9-11H2,1-3H3. The first kappa shape index (κ1) is 15.9. The number of halogens is 1. The summed E-state index contributed by atoms with van der Waals surface area (Å²) in [5.74, 6) is 2.92. The molecule has 1 unspecified atom stereocenters. The third-order valence-corrected chi connectivity index (χ3v) is 4.32. The van der Waals surface area contributed by atoms with Crippen molar-refractivity contribution in [3.63, 3.8) is 0 Å². The number of hydrogen-bond acceptors (Lipinski definition) is 2. The van der Waals surface area contributed by atoms with Crippen LogP contribution in [0.25, 0.3) is 0 Å². The molecule has 0 aliphatic rings. The molecule has 102 valence electrons. The lowest BCUT2D eigenvalue weighted by Gasteiger charge is -2.21. The maximum Gasteiger partial charge on any atom is 0.0406 e. The molecule has 0 radical (unpaired) electrons. The molecule has 1 aromatic carbocycles. The van der Waals surface area contributed by atoms with Crippen molar-refractivity contribution in [3.05, 3.63) is 34.9 Å². The van der Waals surface area contributed by atoms with Gasteiger partial charge in [-0.3, -0.25) is 0 Å². The first-order chi connectivity index (χ1) is 8.63. The molecule has 0 bridgehead atoms. The minimum absolute atomic E-state index is 0.613. The number of benzene rings is 1. The van der Waals surface area contributed by atoms with Gasteiger partial charge in [0.1, 0.15) is 0 Å². The zero-order valence-electron chi connectivity index (χ0n) is 11.6. The second-order valence-corrected chi connectivity index (χ2v) is 6.41. The largest absolute Gasteiger partial charge is 0.313 e. The smallest absolute Gasteiger partial charge is 0.0406 e. The molecule has 0 aliphatic heterocycles. The third-order valence-electron chi connectivity index (χ3n) is 2.94. The maximum atomic E-state index is 5.88. The van der Waals surface area contributed by atoms with Crippen molar-refractivity contribution in [2.75, 3.05) is 12.3 Å². The Hall–Kier alpha value is -0.180. The second-order valence-electron chi connectivity index (χ2n) is 4.95. The Morgan fingerprint density at radius 2 is 1.89 bits per heavy atom. The van der Waals surface area contributed by atoms with Gasteiger partial charge >= 0.3 is 0 Å². The molecule has 1 aromatic rings. The lowest BCUT2D eigenvalue weighted by molar-refractivity contribution is 0.434. The average molecular weight is 286 g/mol. The Bertz CT molecular complexity index is 324. The van der Waals surface area contributed by atoms with Gasteiger partial charge in [0.2, 0.25) is 0 Å². The van der Waals surface area contributed by atoms with Crippen LogP contribution in [-0.4, -0.2) is 18.3 Å². The Kier molecular flexibility index (Phi) is 7.80. The molecule has 1 N–H and O–H groups in total. The lowest BCUT2D eigenvalue weighted by atomic mass is 10.1. The maximum absolute atomic E-state index is 5.88. The van der Waals surface area contributed by atoms with Crippen LogP contribution in [0.5, 0.6) is 0 Å². The van der Waals surface area contributed by atoms with Gasteiger partial charge in [-0.05, 0) is 36.6 Å². The third kappa shape index (κ3) is 6.12. The molecule has 1 rings (SSSR count). The molecule has 0 amide bonds. The van der Waals surface area contributed by atoms with E-state index in [-0.39, 0.29) is 0 Å². The molecule has 18 heavy (non-hydrogen) atoms. The van der Waals surface area contributed by atoms with Gasteiger partial charge in [-0.1, -0.05) is 44.5 Å². The van der Waals surface area contributed by atoms with E-state index in [4.69, 9.17) is 11.6 Å². The van der Waals surface area contributed by atoms with Crippen LogP contribution in [-0.2, 0) is 5.75 Å². The summed E-state index contributed by atoms with van der Waals surface area (Å²) < 4.78 is 0. The SMILES string of the molecule is CCCNC(CSCc1ccc(Cl)cc1)C(C)C. The van der Waals surface area contributed by atoms with Gasteiger partial charge < -0.3 is 5.32 Å². The van der Waals surface area contributed by atoms with Crippen molar-refractivity contribution in [1.82, 2.24) is 5.32 Å². The van der Waals surface area contributed by atoms with Gasteiger partial charge in [-0.25, -0.2) is 0 Å². The Morgan fingerprint density at radius 3 is 2.44 bits per heavy atom. The van der Waals surface area contributed by atoms with Crippen molar-refractivity contribution in [2.24, 2.45) is 5.92 Å². The van der Waals surface area contributed by atoms with Gasteiger partial charge in [0.25, 0.3) is 0 Å². The predicted molar refractivity (Wildman–Crippen MR) is 84.5 cm³/mol. The second kappa shape index (κ2) is 8.84. The van der Waals surface area contributed by atoms with E-state index in [1.165, 1.54) is 17.7 Å². The lowest BCUT2D eigenvalue weighted by Crippen LogP contribution is -2.36. The first-order valence-corrected chi connectivity index (χ1v) is 8.22. The van der Waals surface area contributed by atoms with Crippen LogP contribution in [0.1, 0.15) is 32.8 Å². The van der Waals surface area contributed by atoms with Crippen molar-refractivity contribution in [2.45, 2.75) is 39.0 Å². The fourth-order valence-electron chi connectivity index (χ4n) is 1.70. The van der Waals surface area contributed by atoms with E-state index in [0.717, 1.165) is 17.3 Å². The van der Waals surface area contributed by atoms with Gasteiger partial charge in [0.05, 0.1) is 0 Å². The van der Waals surface area contributed by atoms with Crippen LogP contribution < -0.4 is 5.32 Å². The summed E-state index contributed by atoms with van der Waals surface area (Å²) in [6.07, 6.45) is 1.20. The molecule has 0 aromatic heterocycles. The minimum atomic E-state index is 0.613. The Morgan fingerprint density at radius 1 is 1.22 bits per heavy atom. The van der Waals surface area contributed by atoms with Crippen molar-refractivity contribution in [3.8, 4) is 0 Å². The molecule has 0 spiro atoms. The van der Waals surface area contributed by atoms with Gasteiger partial charge in [-0.2, -0.15) is 11.8 Å². The summed E-state index contributed by atoms with van der Waals surface area (Å²) >= 11 is 7.87. The molecular formula is C15H24ClNS. The fraction of sp³-hybridized carbons (Fsp3) is 0.600. The van der Waals surface area contributed by atoms with Crippen LogP contribution >= 0.6 is 23.4 Å². The Labute approximate surface area is 121 Å². The quantitative estimate of drug-likeness (QED) is 0.749. The summed E-state index contributed by atoms with van der Waals surface area (Å²) in [6, 6.07) is 8.76. The van der Waals surface area contributed by atoms with Crippen LogP contribution in [0.2, 0.25) is 5.02 Å². The van der Waals surface area contributed by atoms with Gasteiger partial charge in [-0.15, -0.1) is 0 Å². The van der Waals surface area contributed by atoms with Gasteiger partial charge in [0, 0.05) is 22.6 Å². The molecule has 0 heterocycles. The summed E-state index contributed by atoms with van der Waals surface area (Å²) in [4.78, 5) is 0. The molecule has 1 atom stereocenters. The van der Waals surface area contributed by atoms with Crippen molar-refractivity contribution < 1.29 is 0 Å². The van der Waals surface area contributed by atoms with E-state index in [0.29, 0.717) is 12.0 Å². The summed E-state index contributed by atoms with van der Waals surface area (Å²) in [7, 11) is 0. The van der Waals surface area contributed by atoms with Crippen LogP contribution in [0.15, 0.2) is 24.3 Å². The van der Waals surface area contributed by atoms with E-state index in [1.807, 2.05) is 23.9 Å². The highest BCUT2D eigenvalue weighted by Crippen LogP contribution is 2.18. The van der Waals surface area contributed by atoms with Crippen molar-refractivity contribution >= 4 is 23.4 Å². The van der Waals surface area contributed by atoms with E-state index < -0.39 is 0 Å². The number of nitrogens with one attached hydrogen (secondary N) is 1. The molecule has 0 saturated carbocycles. The normalized spacial score (nSPS) is 12.9. The van der Waals surface area contributed by atoms with E-state index in [1.54, 1.807) is 0 Å². The van der Waals surface area contributed by atoms with E-state index in [2.05, 4.69) is 38.2 Å². The highest BCUT2D eigenvalue weighted by atomic mass is 35.5. The molecule has 0 fully saturated rings. The first-order valence-electron chi connectivity index (χ1n) is 6.69. The highest BCUT2D eigenvalue weighted by molar-refractivity contribution is 7.98. The summed E-state index contributed by atoms with van der Waals surface area (Å²) in [5.41, 5.74) is 1.35. The Balaban J connectivity index is 2.31. The highest BCUT2D eigenvalue weighted by Gasteiger charge is 2.11. The topological polar surface area (TPSA) is 12.0 Å². The zero-order valence-corrected chi connectivity index (χ0v) is 13.2. The van der Waals surface area contributed by atoms with Crippen LogP contribution in [0, 0.1) is 5.92 Å². The molecule has 0 saturated heterocycles. The summed E-state index contributed by atoms with van der Waals surface area (Å²) in [5, 5.41) is 4.44. The monoisotopic (exact) mass is 285 g/mol. The number of hydrogen-bond donors (Lipinski definition) is 1. The molecule has 1 nitrogen and oxygen atoms in total. The number of thioether (sulfide) groups is 1. The minimum Gasteiger partial charge on any atom is -0.313 e. The van der Waals surface area contributed by atoms with Crippen LogP contribution in [0.4, 0.5) is 0 Å². The molecular weight excluding hydrogens is 262 g/mol. The fourth-order valence-corrected chi connectivity index (χ4v) is 3.13. The predicted octanol–water partition coefficient (Wildman–Crippen LogP) is 4.60. The average Bonchev–Trinajstić information content (AvgIpc) is 2.35. The molecule has 3 heteroatoms. The summed E-state index contributed by atoms with van der Waals surface area (Å²) in [6.45, 7) is 7.90. The zero-order chi connectivity index (χ0) is 13.4. The number of rotatable bonds is 8. The van der Waals surface area contributed by atoms with Crippen molar-refractivity contribution in [1.29, 1.82) is 0 Å².